The zero-order chi connectivity index (χ0) is 40.4. The van der Waals surface area contributed by atoms with Crippen molar-refractivity contribution in [3.63, 3.8) is 0 Å². The van der Waals surface area contributed by atoms with Gasteiger partial charge in [0.1, 0.15) is 0 Å². The molecule has 0 saturated heterocycles. The maximum absolute atomic E-state index is 11.8. The standard InChI is InChI=1S/C21H25.C10H15.2C7H4F3.CH2.Zr/c1-20(2,3)16-9-7-14-11-15-8-10-17(21(4,5)6)13-19(15)18(14)12-16;1-7(2)10-6-8(3)5-9(10)4;2*8-7(9,10)6-4-2-1-3-5-6;;/h7,9-10,12-13H,11H2,1-6H3;6-8H,1-4H3;2*1-2,4-5H;1H2;/q4*-1;;. The van der Waals surface area contributed by atoms with E-state index in [0.717, 1.165) is 30.7 Å². The fourth-order valence-electron chi connectivity index (χ4n) is 5.61. The van der Waals surface area contributed by atoms with E-state index in [9.17, 15) is 26.3 Å². The summed E-state index contributed by atoms with van der Waals surface area (Å²) in [6.45, 7) is 22.4. The molecule has 4 aromatic carbocycles. The number of halogens is 6. The van der Waals surface area contributed by atoms with Gasteiger partial charge in [-0.25, -0.2) is 5.57 Å². The Balaban J connectivity index is 0.000000258. The van der Waals surface area contributed by atoms with Crippen molar-refractivity contribution in [1.82, 2.24) is 0 Å². The molecular formula is C46H50F6Zr-4. The number of rotatable bonds is 1. The van der Waals surface area contributed by atoms with E-state index in [1.165, 1.54) is 93.0 Å². The molecule has 4 aromatic rings. The van der Waals surface area contributed by atoms with Crippen LogP contribution < -0.4 is 0 Å². The van der Waals surface area contributed by atoms with Gasteiger partial charge in [0.25, 0.3) is 0 Å². The molecule has 0 nitrogen and oxygen atoms in total. The van der Waals surface area contributed by atoms with Gasteiger partial charge in [-0.3, -0.25) is 6.08 Å². The fraction of sp³-hybridized carbons (Fsp3) is 0.370. The van der Waals surface area contributed by atoms with Gasteiger partial charge in [-0.05, 0) is 17.4 Å². The van der Waals surface area contributed by atoms with E-state index in [4.69, 9.17) is 0 Å². The van der Waals surface area contributed by atoms with Crippen molar-refractivity contribution in [2.24, 2.45) is 11.8 Å². The summed E-state index contributed by atoms with van der Waals surface area (Å²) in [5, 5.41) is 0. The van der Waals surface area contributed by atoms with E-state index < -0.39 is 23.5 Å². The van der Waals surface area contributed by atoms with Crippen LogP contribution in [0.3, 0.4) is 0 Å². The van der Waals surface area contributed by atoms with E-state index >= 15 is 0 Å². The Bertz CT molecular complexity index is 1690. The van der Waals surface area contributed by atoms with E-state index in [2.05, 4.69) is 134 Å². The first-order chi connectivity index (χ1) is 24.5. The zero-order valence-electron chi connectivity index (χ0n) is 32.4. The average molecular weight is 808 g/mol. The van der Waals surface area contributed by atoms with Crippen LogP contribution in [0.2, 0.25) is 0 Å². The van der Waals surface area contributed by atoms with Crippen LogP contribution in [0.25, 0.3) is 11.1 Å². The molecule has 0 saturated carbocycles. The van der Waals surface area contributed by atoms with Gasteiger partial charge in [0.15, 0.2) is 0 Å². The van der Waals surface area contributed by atoms with E-state index in [1.807, 2.05) is 0 Å². The summed E-state index contributed by atoms with van der Waals surface area (Å²) in [6, 6.07) is 29.1. The van der Waals surface area contributed by atoms with Crippen LogP contribution in [0, 0.1) is 36.1 Å². The Morgan fingerprint density at radius 2 is 1.19 bits per heavy atom. The minimum absolute atomic E-state index is 0.177. The normalized spacial score (nSPS) is 14.7. The van der Waals surface area contributed by atoms with E-state index in [-0.39, 0.29) is 10.8 Å². The van der Waals surface area contributed by atoms with Crippen molar-refractivity contribution < 1.29 is 50.6 Å². The van der Waals surface area contributed by atoms with E-state index in [0.29, 0.717) is 11.8 Å². The number of benzene rings is 4. The molecule has 2 aliphatic carbocycles. The van der Waals surface area contributed by atoms with Crippen LogP contribution in [0.4, 0.5) is 26.3 Å². The molecule has 0 heterocycles. The van der Waals surface area contributed by atoms with Crippen LogP contribution in [0.5, 0.6) is 0 Å². The Morgan fingerprint density at radius 1 is 0.698 bits per heavy atom. The van der Waals surface area contributed by atoms with Crippen LogP contribution >= 0.6 is 0 Å². The molecule has 7 heteroatoms. The van der Waals surface area contributed by atoms with Crippen molar-refractivity contribution in [2.75, 3.05) is 0 Å². The monoisotopic (exact) mass is 806 g/mol. The van der Waals surface area contributed by atoms with Crippen molar-refractivity contribution in [3.05, 3.63) is 154 Å². The second-order valence-electron chi connectivity index (χ2n) is 15.2. The summed E-state index contributed by atoms with van der Waals surface area (Å²) < 4.78 is 73.9. The van der Waals surface area contributed by atoms with Crippen molar-refractivity contribution in [1.29, 1.82) is 0 Å². The second-order valence-corrected chi connectivity index (χ2v) is 15.2. The molecule has 0 N–H and O–H groups in total. The molecule has 2 aliphatic rings. The van der Waals surface area contributed by atoms with Crippen LogP contribution in [0.15, 0.2) is 96.1 Å². The van der Waals surface area contributed by atoms with Crippen LogP contribution in [-0.4, -0.2) is 4.21 Å². The number of hydrogen-bond acceptors (Lipinski definition) is 0. The molecule has 6 rings (SSSR count). The third-order valence-corrected chi connectivity index (χ3v) is 8.52. The van der Waals surface area contributed by atoms with Crippen molar-refractivity contribution in [3.8, 4) is 11.1 Å². The number of alkyl halides is 6. The molecule has 1 unspecified atom stereocenters. The molecule has 0 aliphatic heterocycles. The Hall–Kier alpha value is -3.31. The molecule has 0 amide bonds. The number of allylic oxidation sites excluding steroid dienone is 4. The molecule has 53 heavy (non-hydrogen) atoms. The van der Waals surface area contributed by atoms with Gasteiger partial charge in [-0.15, -0.1) is 5.56 Å². The predicted molar refractivity (Wildman–Crippen MR) is 203 cm³/mol. The molecule has 0 aromatic heterocycles. The first kappa shape index (κ1) is 45.8. The molecule has 284 valence electrons. The third kappa shape index (κ3) is 14.1. The zero-order valence-corrected chi connectivity index (χ0v) is 34.9. The molecule has 0 bridgehead atoms. The molecule has 0 spiro atoms. The fourth-order valence-corrected chi connectivity index (χ4v) is 5.61. The van der Waals surface area contributed by atoms with Crippen molar-refractivity contribution in [2.45, 2.75) is 98.8 Å². The van der Waals surface area contributed by atoms with Gasteiger partial charge in [0.05, 0.1) is 0 Å². The summed E-state index contributed by atoms with van der Waals surface area (Å²) in [5.74, 6) is 1.20. The SMILES string of the molecule is CC(C)(C)c1c[c-]c2c(c1)-c1cc(C(C)(C)C)ccc1C2.CC1=[C-]C(C)C=C1C(C)C.FC(F)(F)c1c[c-]ccc1.FC(F)(F)c1c[c-]ccc1.[CH2]=[Zr]. The predicted octanol–water partition coefficient (Wildman–Crippen LogP) is 13.6. The summed E-state index contributed by atoms with van der Waals surface area (Å²) in [7, 11) is 0. The Morgan fingerprint density at radius 3 is 1.53 bits per heavy atom. The first-order valence-corrected chi connectivity index (χ1v) is 19.1. The Kier molecular flexibility index (Phi) is 16.7. The summed E-state index contributed by atoms with van der Waals surface area (Å²) in [4.78, 5) is 0. The van der Waals surface area contributed by atoms with Gasteiger partial charge in [0.2, 0.25) is 0 Å². The van der Waals surface area contributed by atoms with Gasteiger partial charge in [0, 0.05) is 0 Å². The number of fused-ring (bicyclic) bond motifs is 3. The van der Waals surface area contributed by atoms with Gasteiger partial charge in [-0.1, -0.05) is 127 Å². The number of hydrogen-bond donors (Lipinski definition) is 0. The van der Waals surface area contributed by atoms with Gasteiger partial charge in [-0.2, -0.15) is 128 Å². The molecule has 0 radical (unpaired) electrons. The average Bonchev–Trinajstić information content (AvgIpc) is 3.63. The Labute approximate surface area is 328 Å². The summed E-state index contributed by atoms with van der Waals surface area (Å²) >= 11 is 1.30. The molecule has 1 atom stereocenters. The van der Waals surface area contributed by atoms with E-state index in [1.54, 1.807) is 0 Å². The third-order valence-electron chi connectivity index (χ3n) is 8.52. The van der Waals surface area contributed by atoms with Crippen LogP contribution in [0.1, 0.15) is 103 Å². The first-order valence-electron chi connectivity index (χ1n) is 17.4. The minimum atomic E-state index is -4.24. The van der Waals surface area contributed by atoms with Crippen molar-refractivity contribution >= 4 is 4.21 Å². The summed E-state index contributed by atoms with van der Waals surface area (Å²) in [5.41, 5.74) is 10.3. The quantitative estimate of drug-likeness (QED) is 0.117. The molecule has 0 fully saturated rings. The van der Waals surface area contributed by atoms with Crippen LogP contribution in [-0.2, 0) is 53.8 Å². The maximum atomic E-state index is 11.8. The second kappa shape index (κ2) is 19.3. The topological polar surface area (TPSA) is 0 Å². The molecular weight excluding hydrogens is 758 g/mol. The van der Waals surface area contributed by atoms with Gasteiger partial charge < -0.3 is 0 Å². The van der Waals surface area contributed by atoms with Gasteiger partial charge >= 0.3 is 40.8 Å². The summed E-state index contributed by atoms with van der Waals surface area (Å²) in [6.07, 6.45) is -1.77.